The number of nitrogens with zero attached hydrogens (tertiary/aromatic N) is 1. The minimum atomic E-state index is -0.945. The van der Waals surface area contributed by atoms with Gasteiger partial charge in [-0.3, -0.25) is 9.59 Å². The van der Waals surface area contributed by atoms with E-state index in [-0.39, 0.29) is 30.6 Å². The standard InChI is InChI=1S/C31H33NO5/c1-4-36-31(35)32(3)21(2)29(24-18-12-7-13-19-24)37-30(34)28-26(33)20-25(22-14-8-5-9-15-22)27(28)23-16-10-6-11-17-23/h5-19,21,25,27-29H,4,20H2,1-3H3/t21-,25+,27+,28+,29-/m0/s1. The Morgan fingerprint density at radius 2 is 1.43 bits per heavy atom. The fraction of sp³-hybridized carbons (Fsp3) is 0.323. The van der Waals surface area contributed by atoms with Crippen molar-refractivity contribution in [2.24, 2.45) is 5.92 Å². The first kappa shape index (κ1) is 26.1. The van der Waals surface area contributed by atoms with Gasteiger partial charge in [-0.15, -0.1) is 0 Å². The van der Waals surface area contributed by atoms with Crippen LogP contribution in [-0.4, -0.2) is 42.4 Å². The molecule has 1 aliphatic carbocycles. The Kier molecular flexibility index (Phi) is 8.39. The van der Waals surface area contributed by atoms with Gasteiger partial charge in [-0.25, -0.2) is 4.79 Å². The number of carbonyl (C=O) groups excluding carboxylic acids is 3. The molecule has 0 radical (unpaired) electrons. The summed E-state index contributed by atoms with van der Waals surface area (Å²) in [5, 5.41) is 0. The molecule has 1 fully saturated rings. The van der Waals surface area contributed by atoms with Crippen LogP contribution < -0.4 is 0 Å². The third kappa shape index (κ3) is 5.74. The zero-order valence-corrected chi connectivity index (χ0v) is 21.4. The van der Waals surface area contributed by atoms with E-state index in [0.29, 0.717) is 0 Å². The zero-order chi connectivity index (χ0) is 26.4. The van der Waals surface area contributed by atoms with Gasteiger partial charge in [0.1, 0.15) is 17.8 Å². The van der Waals surface area contributed by atoms with E-state index in [4.69, 9.17) is 9.47 Å². The summed E-state index contributed by atoms with van der Waals surface area (Å²) in [5.74, 6) is -2.14. The minimum absolute atomic E-state index is 0.133. The molecule has 6 nitrogen and oxygen atoms in total. The van der Waals surface area contributed by atoms with Gasteiger partial charge in [0.25, 0.3) is 0 Å². The van der Waals surface area contributed by atoms with Crippen molar-refractivity contribution < 1.29 is 23.9 Å². The molecule has 0 bridgehead atoms. The Hall–Kier alpha value is -3.93. The molecular weight excluding hydrogens is 466 g/mol. The summed E-state index contributed by atoms with van der Waals surface area (Å²) in [6.07, 6.45) is -1.02. The number of Topliss-reactive ketones (excluding diaryl/α,β-unsaturated/α-hetero) is 1. The van der Waals surface area contributed by atoms with Crippen LogP contribution in [-0.2, 0) is 19.1 Å². The molecule has 0 aromatic heterocycles. The fourth-order valence-electron chi connectivity index (χ4n) is 5.19. The van der Waals surface area contributed by atoms with Crippen molar-refractivity contribution in [2.45, 2.75) is 44.2 Å². The fourth-order valence-corrected chi connectivity index (χ4v) is 5.19. The second-order valence-corrected chi connectivity index (χ2v) is 9.42. The average Bonchev–Trinajstić information content (AvgIpc) is 3.29. The van der Waals surface area contributed by atoms with E-state index in [1.54, 1.807) is 20.9 Å². The molecule has 6 heteroatoms. The van der Waals surface area contributed by atoms with Crippen LogP contribution in [0.25, 0.3) is 0 Å². The smallest absolute Gasteiger partial charge is 0.409 e. The van der Waals surface area contributed by atoms with E-state index in [9.17, 15) is 14.4 Å². The topological polar surface area (TPSA) is 72.9 Å². The number of amides is 1. The maximum Gasteiger partial charge on any atom is 0.409 e. The lowest BCUT2D eigenvalue weighted by Crippen LogP contribution is -2.42. The molecule has 192 valence electrons. The lowest BCUT2D eigenvalue weighted by Gasteiger charge is -2.32. The predicted molar refractivity (Wildman–Crippen MR) is 141 cm³/mol. The molecule has 1 aliphatic rings. The molecule has 1 saturated carbocycles. The maximum absolute atomic E-state index is 13.8. The van der Waals surface area contributed by atoms with Crippen molar-refractivity contribution in [1.29, 1.82) is 0 Å². The van der Waals surface area contributed by atoms with Gasteiger partial charge in [0.2, 0.25) is 0 Å². The van der Waals surface area contributed by atoms with Crippen molar-refractivity contribution in [3.8, 4) is 0 Å². The van der Waals surface area contributed by atoms with Crippen LogP contribution in [0.5, 0.6) is 0 Å². The van der Waals surface area contributed by atoms with Crippen LogP contribution in [0.1, 0.15) is 54.9 Å². The first-order chi connectivity index (χ1) is 17.9. The number of hydrogen-bond acceptors (Lipinski definition) is 5. The summed E-state index contributed by atoms with van der Waals surface area (Å²) in [6, 6.07) is 28.3. The molecule has 1 amide bonds. The quantitative estimate of drug-likeness (QED) is 0.285. The summed E-state index contributed by atoms with van der Waals surface area (Å²) in [4.78, 5) is 41.1. The number of likely N-dealkylation sites (N-methyl/N-ethyl adjacent to an activating group) is 1. The summed E-state index contributed by atoms with van der Waals surface area (Å²) in [5.41, 5.74) is 2.69. The van der Waals surface area contributed by atoms with Crippen LogP contribution in [0.15, 0.2) is 91.0 Å². The minimum Gasteiger partial charge on any atom is -0.455 e. The predicted octanol–water partition coefficient (Wildman–Crippen LogP) is 5.90. The van der Waals surface area contributed by atoms with Crippen molar-refractivity contribution in [2.75, 3.05) is 13.7 Å². The highest BCUT2D eigenvalue weighted by molar-refractivity contribution is 6.02. The second-order valence-electron chi connectivity index (χ2n) is 9.42. The van der Waals surface area contributed by atoms with Crippen molar-refractivity contribution in [1.82, 2.24) is 4.90 Å². The van der Waals surface area contributed by atoms with Gasteiger partial charge in [0.05, 0.1) is 12.6 Å². The number of carbonyl (C=O) groups is 3. The lowest BCUT2D eigenvalue weighted by molar-refractivity contribution is -0.159. The second kappa shape index (κ2) is 11.9. The molecule has 4 rings (SSSR count). The summed E-state index contributed by atoms with van der Waals surface area (Å²) in [7, 11) is 1.62. The number of rotatable bonds is 8. The van der Waals surface area contributed by atoms with Crippen molar-refractivity contribution in [3.05, 3.63) is 108 Å². The summed E-state index contributed by atoms with van der Waals surface area (Å²) < 4.78 is 11.3. The maximum atomic E-state index is 13.8. The number of ketones is 1. The van der Waals surface area contributed by atoms with Crippen molar-refractivity contribution >= 4 is 17.8 Å². The first-order valence-corrected chi connectivity index (χ1v) is 12.7. The summed E-state index contributed by atoms with van der Waals surface area (Å²) >= 11 is 0. The van der Waals surface area contributed by atoms with Crippen LogP contribution in [0.3, 0.4) is 0 Å². The SMILES string of the molecule is CCOC(=O)N(C)[C@@H](C)[C@H](OC(=O)[C@@H]1C(=O)C[C@H](c2ccccc2)[C@H]1c1ccccc1)c1ccccc1. The lowest BCUT2D eigenvalue weighted by atomic mass is 9.80. The Morgan fingerprint density at radius 3 is 2.00 bits per heavy atom. The van der Waals surface area contributed by atoms with E-state index in [1.807, 2.05) is 91.0 Å². The number of hydrogen-bond donors (Lipinski definition) is 0. The van der Waals surface area contributed by atoms with E-state index < -0.39 is 30.1 Å². The number of benzene rings is 3. The van der Waals surface area contributed by atoms with Gasteiger partial charge in [0, 0.05) is 19.4 Å². The third-order valence-electron chi connectivity index (χ3n) is 7.20. The highest BCUT2D eigenvalue weighted by atomic mass is 16.6. The largest absolute Gasteiger partial charge is 0.455 e. The third-order valence-corrected chi connectivity index (χ3v) is 7.20. The molecule has 0 saturated heterocycles. The van der Waals surface area contributed by atoms with Crippen LogP contribution in [0.4, 0.5) is 4.79 Å². The zero-order valence-electron chi connectivity index (χ0n) is 21.4. The first-order valence-electron chi connectivity index (χ1n) is 12.7. The van der Waals surface area contributed by atoms with Gasteiger partial charge < -0.3 is 14.4 Å². The van der Waals surface area contributed by atoms with E-state index >= 15 is 0 Å². The normalized spacial score (nSPS) is 20.6. The molecule has 5 atom stereocenters. The Bertz CT molecular complexity index is 1200. The molecule has 0 heterocycles. The highest BCUT2D eigenvalue weighted by Gasteiger charge is 2.49. The van der Waals surface area contributed by atoms with Gasteiger partial charge in [-0.05, 0) is 36.5 Å². The number of ether oxygens (including phenoxy) is 2. The molecular formula is C31H33NO5. The van der Waals surface area contributed by atoms with Crippen molar-refractivity contribution in [3.63, 3.8) is 0 Å². The average molecular weight is 500 g/mol. The van der Waals surface area contributed by atoms with Crippen LogP contribution in [0, 0.1) is 5.92 Å². The molecule has 0 spiro atoms. The van der Waals surface area contributed by atoms with Crippen LogP contribution in [0.2, 0.25) is 0 Å². The van der Waals surface area contributed by atoms with Gasteiger partial charge in [0.15, 0.2) is 0 Å². The van der Waals surface area contributed by atoms with E-state index in [0.717, 1.165) is 16.7 Å². The Balaban J connectivity index is 1.67. The van der Waals surface area contributed by atoms with E-state index in [1.165, 1.54) is 4.90 Å². The monoisotopic (exact) mass is 499 g/mol. The van der Waals surface area contributed by atoms with Gasteiger partial charge >= 0.3 is 12.1 Å². The summed E-state index contributed by atoms with van der Waals surface area (Å²) in [6.45, 7) is 3.78. The molecule has 3 aromatic carbocycles. The molecule has 0 unspecified atom stereocenters. The molecule has 0 aliphatic heterocycles. The van der Waals surface area contributed by atoms with Crippen LogP contribution >= 0.6 is 0 Å². The van der Waals surface area contributed by atoms with Gasteiger partial charge in [-0.1, -0.05) is 91.0 Å². The molecule has 3 aromatic rings. The molecule has 0 N–H and O–H groups in total. The Morgan fingerprint density at radius 1 is 0.892 bits per heavy atom. The number of esters is 1. The van der Waals surface area contributed by atoms with E-state index in [2.05, 4.69) is 0 Å². The Labute approximate surface area is 218 Å². The highest BCUT2D eigenvalue weighted by Crippen LogP contribution is 2.48. The van der Waals surface area contributed by atoms with Gasteiger partial charge in [-0.2, -0.15) is 0 Å². The molecule has 37 heavy (non-hydrogen) atoms.